The van der Waals surface area contributed by atoms with Gasteiger partial charge in [0.05, 0.1) is 13.0 Å². The van der Waals surface area contributed by atoms with Crippen molar-refractivity contribution in [2.24, 2.45) is 5.92 Å². The third-order valence-electron chi connectivity index (χ3n) is 2.39. The summed E-state index contributed by atoms with van der Waals surface area (Å²) in [5.74, 6) is -2.48. The lowest BCUT2D eigenvalue weighted by Gasteiger charge is -2.05. The SMILES string of the molecule is CNCCC(C=O)C(=O)NO.COc1cc(F)cc(F)c1. The molecule has 1 rings (SSSR count). The van der Waals surface area contributed by atoms with Crippen LogP contribution in [0.3, 0.4) is 0 Å². The highest BCUT2D eigenvalue weighted by molar-refractivity contribution is 5.90. The van der Waals surface area contributed by atoms with Gasteiger partial charge < -0.3 is 14.8 Å². The predicted octanol–water partition coefficient (Wildman–Crippen LogP) is 0.890. The summed E-state index contributed by atoms with van der Waals surface area (Å²) in [5.41, 5.74) is 1.43. The van der Waals surface area contributed by atoms with E-state index >= 15 is 0 Å². The molecule has 1 amide bonds. The molecule has 0 fully saturated rings. The van der Waals surface area contributed by atoms with Crippen molar-refractivity contribution in [2.45, 2.75) is 6.42 Å². The standard InChI is InChI=1S/C7H6F2O.C6H12N2O3/c1-10-7-3-5(8)2-6(9)4-7;1-7-3-2-5(4-9)6(10)8-11/h2-4H,1H3;4-5,7,11H,2-3H2,1H3,(H,8,10). The molecule has 0 saturated carbocycles. The van der Waals surface area contributed by atoms with Gasteiger partial charge in [-0.15, -0.1) is 0 Å². The zero-order valence-electron chi connectivity index (χ0n) is 11.7. The first-order valence-corrected chi connectivity index (χ1v) is 6.02. The summed E-state index contributed by atoms with van der Waals surface area (Å²) < 4.78 is 29.2. The molecular weight excluding hydrogens is 286 g/mol. The van der Waals surface area contributed by atoms with E-state index in [-0.39, 0.29) is 5.75 Å². The van der Waals surface area contributed by atoms with Crippen LogP contribution in [0.15, 0.2) is 18.2 Å². The maximum Gasteiger partial charge on any atom is 0.253 e. The Morgan fingerprint density at radius 2 is 1.95 bits per heavy atom. The summed E-state index contributed by atoms with van der Waals surface area (Å²) in [7, 11) is 3.08. The summed E-state index contributed by atoms with van der Waals surface area (Å²) in [5, 5.41) is 10.9. The highest BCUT2D eigenvalue weighted by Crippen LogP contribution is 2.13. The van der Waals surface area contributed by atoms with Gasteiger partial charge >= 0.3 is 0 Å². The number of hydrogen-bond donors (Lipinski definition) is 3. The molecule has 3 N–H and O–H groups in total. The highest BCUT2D eigenvalue weighted by Gasteiger charge is 2.15. The van der Waals surface area contributed by atoms with Crippen LogP contribution in [-0.4, -0.2) is 38.1 Å². The van der Waals surface area contributed by atoms with E-state index in [4.69, 9.17) is 5.21 Å². The van der Waals surface area contributed by atoms with Crippen LogP contribution in [0.4, 0.5) is 8.78 Å². The zero-order chi connectivity index (χ0) is 16.3. The van der Waals surface area contributed by atoms with Crippen LogP contribution < -0.4 is 15.5 Å². The first kappa shape index (κ1) is 18.9. The van der Waals surface area contributed by atoms with E-state index in [0.29, 0.717) is 19.3 Å². The molecule has 0 aliphatic rings. The second-order valence-electron chi connectivity index (χ2n) is 3.92. The van der Waals surface area contributed by atoms with Crippen LogP contribution in [0, 0.1) is 17.6 Å². The number of hydrogen-bond acceptors (Lipinski definition) is 5. The maximum atomic E-state index is 12.3. The molecule has 0 radical (unpaired) electrons. The van der Waals surface area contributed by atoms with Crippen LogP contribution >= 0.6 is 0 Å². The van der Waals surface area contributed by atoms with E-state index < -0.39 is 23.5 Å². The fourth-order valence-electron chi connectivity index (χ4n) is 1.29. The van der Waals surface area contributed by atoms with Crippen LogP contribution in [0.2, 0.25) is 0 Å². The lowest BCUT2D eigenvalue weighted by Crippen LogP contribution is -2.30. The summed E-state index contributed by atoms with van der Waals surface area (Å²) in [6, 6.07) is 3.02. The summed E-state index contributed by atoms with van der Waals surface area (Å²) >= 11 is 0. The molecule has 6 nitrogen and oxygen atoms in total. The highest BCUT2D eigenvalue weighted by atomic mass is 19.1. The van der Waals surface area contributed by atoms with Gasteiger partial charge in [0, 0.05) is 18.2 Å². The van der Waals surface area contributed by atoms with E-state index in [1.54, 1.807) is 7.05 Å². The van der Waals surface area contributed by atoms with E-state index in [0.717, 1.165) is 18.2 Å². The van der Waals surface area contributed by atoms with Crippen molar-refractivity contribution < 1.29 is 28.3 Å². The number of hydroxylamine groups is 1. The van der Waals surface area contributed by atoms with Crippen LogP contribution in [0.25, 0.3) is 0 Å². The first-order valence-electron chi connectivity index (χ1n) is 6.02. The Bertz CT molecular complexity index is 438. The van der Waals surface area contributed by atoms with Crippen molar-refractivity contribution in [1.29, 1.82) is 0 Å². The largest absolute Gasteiger partial charge is 0.497 e. The normalized spacial score (nSPS) is 10.9. The van der Waals surface area contributed by atoms with E-state index in [1.807, 2.05) is 0 Å². The van der Waals surface area contributed by atoms with Crippen LogP contribution in [0.5, 0.6) is 5.75 Å². The molecular formula is C13H18F2N2O4. The third kappa shape index (κ3) is 7.95. The van der Waals surface area contributed by atoms with Crippen molar-refractivity contribution in [1.82, 2.24) is 10.8 Å². The lowest BCUT2D eigenvalue weighted by molar-refractivity contribution is -0.136. The molecule has 21 heavy (non-hydrogen) atoms. The summed E-state index contributed by atoms with van der Waals surface area (Å²) in [4.78, 5) is 20.8. The van der Waals surface area contributed by atoms with Gasteiger partial charge in [-0.3, -0.25) is 10.0 Å². The Morgan fingerprint density at radius 1 is 1.38 bits per heavy atom. The zero-order valence-corrected chi connectivity index (χ0v) is 11.7. The molecule has 8 heteroatoms. The van der Waals surface area contributed by atoms with Crippen molar-refractivity contribution in [2.75, 3.05) is 20.7 Å². The van der Waals surface area contributed by atoms with Gasteiger partial charge in [-0.1, -0.05) is 0 Å². The second kappa shape index (κ2) is 10.7. The molecule has 0 bridgehead atoms. The molecule has 0 saturated heterocycles. The number of nitrogens with one attached hydrogen (secondary N) is 2. The van der Waals surface area contributed by atoms with Gasteiger partial charge in [-0.05, 0) is 20.0 Å². The average molecular weight is 304 g/mol. The number of methoxy groups -OCH3 is 1. The number of carbonyl (C=O) groups excluding carboxylic acids is 2. The molecule has 118 valence electrons. The monoisotopic (exact) mass is 304 g/mol. The molecule has 1 aromatic rings. The number of benzene rings is 1. The van der Waals surface area contributed by atoms with Gasteiger partial charge in [-0.2, -0.15) is 0 Å². The minimum atomic E-state index is -0.757. The van der Waals surface area contributed by atoms with Gasteiger partial charge in [-0.25, -0.2) is 14.3 Å². The number of carbonyl (C=O) groups is 2. The van der Waals surface area contributed by atoms with Crippen molar-refractivity contribution >= 4 is 12.2 Å². The smallest absolute Gasteiger partial charge is 0.253 e. The number of aldehydes is 1. The van der Waals surface area contributed by atoms with Crippen molar-refractivity contribution in [3.05, 3.63) is 29.8 Å². The quantitative estimate of drug-likeness (QED) is 0.314. The van der Waals surface area contributed by atoms with Crippen molar-refractivity contribution in [3.8, 4) is 5.75 Å². The second-order valence-corrected chi connectivity index (χ2v) is 3.92. The number of amides is 1. The Hall–Kier alpha value is -2.06. The van der Waals surface area contributed by atoms with Gasteiger partial charge in [0.1, 0.15) is 23.7 Å². The van der Waals surface area contributed by atoms with Crippen LogP contribution in [0.1, 0.15) is 6.42 Å². The minimum absolute atomic E-state index is 0.192. The molecule has 1 aromatic carbocycles. The Labute approximate surface area is 121 Å². The van der Waals surface area contributed by atoms with Gasteiger partial charge in [0.15, 0.2) is 0 Å². The molecule has 0 aliphatic carbocycles. The molecule has 1 atom stereocenters. The fraction of sp³-hybridized carbons (Fsp3) is 0.385. The number of halogens is 2. The molecule has 0 heterocycles. The summed E-state index contributed by atoms with van der Waals surface area (Å²) in [6.07, 6.45) is 0.912. The van der Waals surface area contributed by atoms with Crippen LogP contribution in [-0.2, 0) is 9.59 Å². The number of ether oxygens (including phenoxy) is 1. The molecule has 0 spiro atoms. The summed E-state index contributed by atoms with van der Waals surface area (Å²) in [6.45, 7) is 0.566. The van der Waals surface area contributed by atoms with Gasteiger partial charge in [0.25, 0.3) is 5.91 Å². The topological polar surface area (TPSA) is 87.7 Å². The fourth-order valence-corrected chi connectivity index (χ4v) is 1.29. The Kier molecular flexibility index (Phi) is 9.65. The first-order chi connectivity index (χ1) is 9.98. The van der Waals surface area contributed by atoms with E-state index in [9.17, 15) is 18.4 Å². The molecule has 0 aromatic heterocycles. The van der Waals surface area contributed by atoms with Gasteiger partial charge in [0.2, 0.25) is 0 Å². The predicted molar refractivity (Wildman–Crippen MR) is 70.9 cm³/mol. The molecule has 1 unspecified atom stereocenters. The molecule has 0 aliphatic heterocycles. The van der Waals surface area contributed by atoms with E-state index in [2.05, 4.69) is 10.1 Å². The van der Waals surface area contributed by atoms with E-state index in [1.165, 1.54) is 12.6 Å². The maximum absolute atomic E-state index is 12.3. The third-order valence-corrected chi connectivity index (χ3v) is 2.39. The average Bonchev–Trinajstić information content (AvgIpc) is 2.47. The Morgan fingerprint density at radius 3 is 2.33 bits per heavy atom. The minimum Gasteiger partial charge on any atom is -0.497 e. The number of rotatable bonds is 6. The Balaban J connectivity index is 0.000000382. The lowest BCUT2D eigenvalue weighted by atomic mass is 10.1. The van der Waals surface area contributed by atoms with Crippen molar-refractivity contribution in [3.63, 3.8) is 0 Å².